The molecule has 1 fully saturated rings. The molecule has 0 amide bonds. The second kappa shape index (κ2) is 8.21. The predicted molar refractivity (Wildman–Crippen MR) is 89.1 cm³/mol. The van der Waals surface area contributed by atoms with Crippen molar-refractivity contribution in [2.75, 3.05) is 13.2 Å². The zero-order valence-electron chi connectivity index (χ0n) is 12.6. The van der Waals surface area contributed by atoms with Crippen molar-refractivity contribution >= 4 is 50.9 Å². The van der Waals surface area contributed by atoms with Gasteiger partial charge in [-0.05, 0) is 31.9 Å². The molecule has 6 nitrogen and oxygen atoms in total. The van der Waals surface area contributed by atoms with Crippen LogP contribution in [-0.2, 0) is 28.6 Å². The summed E-state index contributed by atoms with van der Waals surface area (Å²) in [7, 11) is -4.32. The van der Waals surface area contributed by atoms with Gasteiger partial charge in [0.25, 0.3) is 10.1 Å². The summed E-state index contributed by atoms with van der Waals surface area (Å²) in [5.74, 6) is -0.815. The third-order valence-electron chi connectivity index (χ3n) is 3.28. The summed E-state index contributed by atoms with van der Waals surface area (Å²) in [6, 6.07) is 2.24. The molecule has 1 unspecified atom stereocenters. The first-order valence-electron chi connectivity index (χ1n) is 7.07. The normalized spacial score (nSPS) is 19.2. The van der Waals surface area contributed by atoms with Crippen LogP contribution in [0.15, 0.2) is 17.0 Å². The van der Waals surface area contributed by atoms with Crippen LogP contribution in [0.4, 0.5) is 0 Å². The summed E-state index contributed by atoms with van der Waals surface area (Å²) in [4.78, 5) is 11.5. The second-order valence-corrected chi connectivity index (χ2v) is 7.92. The summed E-state index contributed by atoms with van der Waals surface area (Å²) in [5.41, 5.74) is 0. The van der Waals surface area contributed by atoms with E-state index in [4.69, 9.17) is 48.5 Å². The van der Waals surface area contributed by atoms with Crippen molar-refractivity contribution in [3.63, 3.8) is 0 Å². The molecule has 1 saturated heterocycles. The zero-order valence-corrected chi connectivity index (χ0v) is 15.7. The van der Waals surface area contributed by atoms with Crippen LogP contribution in [0.5, 0.6) is 0 Å². The van der Waals surface area contributed by atoms with E-state index in [2.05, 4.69) is 0 Å². The van der Waals surface area contributed by atoms with E-state index in [-0.39, 0.29) is 32.7 Å². The average molecular weight is 418 g/mol. The van der Waals surface area contributed by atoms with Crippen LogP contribution in [-0.4, -0.2) is 39.8 Å². The Morgan fingerprint density at radius 2 is 1.96 bits per heavy atom. The van der Waals surface area contributed by atoms with Gasteiger partial charge in [-0.15, -0.1) is 0 Å². The second-order valence-electron chi connectivity index (χ2n) is 5.15. The Morgan fingerprint density at radius 3 is 2.58 bits per heavy atom. The highest BCUT2D eigenvalue weighted by molar-refractivity contribution is 7.87. The Morgan fingerprint density at radius 1 is 1.29 bits per heavy atom. The predicted octanol–water partition coefficient (Wildman–Crippen LogP) is 3.46. The SMILES string of the molecule is CC(OS(=O)(=O)c1cc(Cl)c(Cl)cc1Cl)C(=O)OC[C@@H]1CCCO1. The van der Waals surface area contributed by atoms with Gasteiger partial charge in [-0.1, -0.05) is 34.8 Å². The fourth-order valence-electron chi connectivity index (χ4n) is 2.05. The van der Waals surface area contributed by atoms with E-state index in [1.165, 1.54) is 13.0 Å². The van der Waals surface area contributed by atoms with Crippen molar-refractivity contribution in [1.82, 2.24) is 0 Å². The minimum absolute atomic E-state index is 0.00291. The molecule has 24 heavy (non-hydrogen) atoms. The number of benzene rings is 1. The molecule has 0 saturated carbocycles. The Bertz CT molecular complexity index is 715. The molecule has 1 aromatic rings. The van der Waals surface area contributed by atoms with Gasteiger partial charge >= 0.3 is 5.97 Å². The van der Waals surface area contributed by atoms with Crippen LogP contribution in [0.2, 0.25) is 15.1 Å². The Kier molecular flexibility index (Phi) is 6.75. The van der Waals surface area contributed by atoms with Gasteiger partial charge in [-0.25, -0.2) is 4.79 Å². The molecule has 10 heteroatoms. The maximum Gasteiger partial charge on any atom is 0.336 e. The summed E-state index contributed by atoms with van der Waals surface area (Å²) < 4.78 is 39.7. The van der Waals surface area contributed by atoms with Gasteiger partial charge in [0.05, 0.1) is 21.2 Å². The first kappa shape index (κ1) is 19.8. The summed E-state index contributed by atoms with van der Waals surface area (Å²) in [5, 5.41) is -0.0641. The Balaban J connectivity index is 2.02. The number of ether oxygens (including phenoxy) is 2. The Hall–Kier alpha value is -0.570. The van der Waals surface area contributed by atoms with Gasteiger partial charge in [0.15, 0.2) is 6.10 Å². The van der Waals surface area contributed by atoms with Crippen LogP contribution in [0.3, 0.4) is 0 Å². The van der Waals surface area contributed by atoms with Crippen molar-refractivity contribution in [1.29, 1.82) is 0 Å². The fraction of sp³-hybridized carbons (Fsp3) is 0.500. The summed E-state index contributed by atoms with van der Waals surface area (Å²) in [6.07, 6.45) is 0.183. The topological polar surface area (TPSA) is 78.9 Å². The number of esters is 1. The first-order valence-corrected chi connectivity index (χ1v) is 9.61. The molecule has 0 N–H and O–H groups in total. The van der Waals surface area contributed by atoms with Gasteiger partial charge in [-0.3, -0.25) is 4.18 Å². The number of hydrogen-bond acceptors (Lipinski definition) is 6. The lowest BCUT2D eigenvalue weighted by atomic mass is 10.2. The molecule has 2 atom stereocenters. The van der Waals surface area contributed by atoms with E-state index in [9.17, 15) is 13.2 Å². The molecule has 0 aliphatic carbocycles. The highest BCUT2D eigenvalue weighted by Crippen LogP contribution is 2.32. The number of carbonyl (C=O) groups is 1. The van der Waals surface area contributed by atoms with Crippen molar-refractivity contribution in [3.8, 4) is 0 Å². The van der Waals surface area contributed by atoms with Gasteiger partial charge in [0.2, 0.25) is 0 Å². The molecular formula is C14H15Cl3O6S. The number of carbonyl (C=O) groups excluding carboxylic acids is 1. The van der Waals surface area contributed by atoms with Crippen LogP contribution in [0, 0.1) is 0 Å². The van der Waals surface area contributed by atoms with Crippen LogP contribution >= 0.6 is 34.8 Å². The smallest absolute Gasteiger partial charge is 0.336 e. The summed E-state index contributed by atoms with van der Waals surface area (Å²) >= 11 is 17.4. The molecule has 1 heterocycles. The van der Waals surface area contributed by atoms with Gasteiger partial charge in [0, 0.05) is 6.61 Å². The third kappa shape index (κ3) is 4.97. The molecule has 1 aliphatic heterocycles. The molecule has 0 radical (unpaired) electrons. The van der Waals surface area contributed by atoms with Crippen LogP contribution in [0.25, 0.3) is 0 Å². The lowest BCUT2D eigenvalue weighted by Gasteiger charge is -2.15. The maximum absolute atomic E-state index is 12.3. The van der Waals surface area contributed by atoms with Crippen molar-refractivity contribution in [2.24, 2.45) is 0 Å². The highest BCUT2D eigenvalue weighted by Gasteiger charge is 2.28. The molecule has 1 aliphatic rings. The molecule has 0 spiro atoms. The van der Waals surface area contributed by atoms with E-state index in [0.717, 1.165) is 18.9 Å². The highest BCUT2D eigenvalue weighted by atomic mass is 35.5. The molecule has 1 aromatic carbocycles. The Labute approximate surface area is 155 Å². The summed E-state index contributed by atoms with van der Waals surface area (Å²) in [6.45, 7) is 1.94. The lowest BCUT2D eigenvalue weighted by molar-refractivity contribution is -0.154. The maximum atomic E-state index is 12.3. The van der Waals surface area contributed by atoms with Gasteiger partial charge in [-0.2, -0.15) is 8.42 Å². The number of hydrogen-bond donors (Lipinski definition) is 0. The minimum atomic E-state index is -4.32. The van der Waals surface area contributed by atoms with Gasteiger partial charge < -0.3 is 9.47 Å². The molecular weight excluding hydrogens is 403 g/mol. The molecule has 0 aromatic heterocycles. The van der Waals surface area contributed by atoms with E-state index < -0.39 is 22.2 Å². The quantitative estimate of drug-likeness (QED) is 0.401. The van der Waals surface area contributed by atoms with Crippen molar-refractivity contribution in [2.45, 2.75) is 36.9 Å². The standard InChI is InChI=1S/C14H15Cl3O6S/c1-8(14(18)22-7-9-3-2-4-21-9)23-24(19,20)13-6-11(16)10(15)5-12(13)17/h5-6,8-9H,2-4,7H2,1H3/t8?,9-/m0/s1. The lowest BCUT2D eigenvalue weighted by Crippen LogP contribution is -2.29. The van der Waals surface area contributed by atoms with E-state index >= 15 is 0 Å². The van der Waals surface area contributed by atoms with E-state index in [1.807, 2.05) is 0 Å². The van der Waals surface area contributed by atoms with Crippen molar-refractivity contribution < 1.29 is 26.9 Å². The molecule has 0 bridgehead atoms. The molecule has 2 rings (SSSR count). The monoisotopic (exact) mass is 416 g/mol. The number of rotatable bonds is 6. The van der Waals surface area contributed by atoms with Crippen molar-refractivity contribution in [3.05, 3.63) is 27.2 Å². The third-order valence-corrected chi connectivity index (χ3v) is 5.85. The van der Waals surface area contributed by atoms with Crippen LogP contribution in [0.1, 0.15) is 19.8 Å². The average Bonchev–Trinajstić information content (AvgIpc) is 3.01. The zero-order chi connectivity index (χ0) is 17.9. The first-order chi connectivity index (χ1) is 11.2. The largest absolute Gasteiger partial charge is 0.461 e. The van der Waals surface area contributed by atoms with E-state index in [0.29, 0.717) is 6.61 Å². The molecule has 134 valence electrons. The number of halogens is 3. The van der Waals surface area contributed by atoms with E-state index in [1.54, 1.807) is 0 Å². The fourth-order valence-corrected chi connectivity index (χ4v) is 4.06. The van der Waals surface area contributed by atoms with Gasteiger partial charge in [0.1, 0.15) is 11.5 Å². The van der Waals surface area contributed by atoms with Crippen LogP contribution < -0.4 is 0 Å². The minimum Gasteiger partial charge on any atom is -0.461 e.